The molecule has 2 aromatic carbocycles. The van der Waals surface area contributed by atoms with Crippen molar-refractivity contribution in [3.8, 4) is 5.75 Å². The lowest BCUT2D eigenvalue weighted by molar-refractivity contribution is -0.120. The fourth-order valence-corrected chi connectivity index (χ4v) is 4.51. The van der Waals surface area contributed by atoms with E-state index >= 15 is 0 Å². The van der Waals surface area contributed by atoms with Gasteiger partial charge in [-0.25, -0.2) is 13.1 Å². The highest BCUT2D eigenvalue weighted by Crippen LogP contribution is 2.15. The quantitative estimate of drug-likeness (QED) is 0.324. The Morgan fingerprint density at radius 3 is 2.33 bits per heavy atom. The molecule has 3 aromatic rings. The molecule has 0 aliphatic rings. The Balaban J connectivity index is 1.44. The fourth-order valence-electron chi connectivity index (χ4n) is 2.77. The standard InChI is InChI=1S/C22H24N4O5S2/c1-31-18-8-6-17(7-9-18)23-15-21(27)25-26-22(28)16-4-10-20(11-5-16)33(29,30)24-13-12-19-3-2-14-32-19/h2-11,14,23-24H,12-13,15H2,1H3,(H,25,27)(H,26,28). The van der Waals surface area contributed by atoms with E-state index in [4.69, 9.17) is 4.74 Å². The third-order valence-electron chi connectivity index (χ3n) is 4.53. The number of ether oxygens (including phenoxy) is 1. The minimum atomic E-state index is -3.68. The molecule has 0 saturated heterocycles. The van der Waals surface area contributed by atoms with Crippen molar-refractivity contribution >= 4 is 38.9 Å². The molecule has 0 spiro atoms. The summed E-state index contributed by atoms with van der Waals surface area (Å²) in [4.78, 5) is 25.3. The molecule has 4 N–H and O–H groups in total. The number of hydrogen-bond donors (Lipinski definition) is 4. The summed E-state index contributed by atoms with van der Waals surface area (Å²) in [7, 11) is -2.12. The zero-order valence-corrected chi connectivity index (χ0v) is 19.5. The van der Waals surface area contributed by atoms with Crippen LogP contribution in [0, 0.1) is 0 Å². The third-order valence-corrected chi connectivity index (χ3v) is 6.94. The number of thiophene rings is 1. The Kier molecular flexibility index (Phi) is 8.41. The molecule has 0 fully saturated rings. The van der Waals surface area contributed by atoms with E-state index in [0.29, 0.717) is 12.2 Å². The van der Waals surface area contributed by atoms with Crippen molar-refractivity contribution in [2.45, 2.75) is 11.3 Å². The van der Waals surface area contributed by atoms with E-state index in [2.05, 4.69) is 20.9 Å². The first kappa shape index (κ1) is 24.2. The van der Waals surface area contributed by atoms with Crippen molar-refractivity contribution < 1.29 is 22.7 Å². The zero-order chi connectivity index (χ0) is 23.7. The summed E-state index contributed by atoms with van der Waals surface area (Å²) < 4.78 is 32.4. The van der Waals surface area contributed by atoms with Gasteiger partial charge in [-0.05, 0) is 66.4 Å². The van der Waals surface area contributed by atoms with Crippen LogP contribution < -0.4 is 25.6 Å². The average molecular weight is 489 g/mol. The van der Waals surface area contributed by atoms with Gasteiger partial charge in [0.25, 0.3) is 11.8 Å². The molecule has 0 unspecified atom stereocenters. The molecular weight excluding hydrogens is 464 g/mol. The predicted octanol–water partition coefficient (Wildman–Crippen LogP) is 2.15. The SMILES string of the molecule is COc1ccc(NCC(=O)NNC(=O)c2ccc(S(=O)(=O)NCCc3cccs3)cc2)cc1. The van der Waals surface area contributed by atoms with Crippen molar-refractivity contribution in [1.82, 2.24) is 15.6 Å². The normalized spacial score (nSPS) is 10.9. The fraction of sp³-hybridized carbons (Fsp3) is 0.182. The van der Waals surface area contributed by atoms with Crippen LogP contribution in [-0.4, -0.2) is 40.4 Å². The summed E-state index contributed by atoms with van der Waals surface area (Å²) in [6.45, 7) is 0.225. The molecule has 0 atom stereocenters. The summed E-state index contributed by atoms with van der Waals surface area (Å²) in [5, 5.41) is 4.85. The number of carbonyl (C=O) groups excluding carboxylic acids is 2. The summed E-state index contributed by atoms with van der Waals surface area (Å²) in [5.41, 5.74) is 5.53. The monoisotopic (exact) mass is 488 g/mol. The van der Waals surface area contributed by atoms with Crippen LogP contribution in [-0.2, 0) is 21.2 Å². The summed E-state index contributed by atoms with van der Waals surface area (Å²) in [6, 6.07) is 16.3. The lowest BCUT2D eigenvalue weighted by Gasteiger charge is -2.10. The van der Waals surface area contributed by atoms with Crippen LogP contribution in [0.5, 0.6) is 5.75 Å². The first-order valence-electron chi connectivity index (χ1n) is 9.96. The smallest absolute Gasteiger partial charge is 0.269 e. The van der Waals surface area contributed by atoms with E-state index in [1.807, 2.05) is 17.5 Å². The summed E-state index contributed by atoms with van der Waals surface area (Å²) in [6.07, 6.45) is 0.602. The Morgan fingerprint density at radius 2 is 1.70 bits per heavy atom. The number of methoxy groups -OCH3 is 1. The minimum Gasteiger partial charge on any atom is -0.497 e. The molecule has 174 valence electrons. The number of rotatable bonds is 10. The van der Waals surface area contributed by atoms with Crippen LogP contribution in [0.3, 0.4) is 0 Å². The van der Waals surface area contributed by atoms with Gasteiger partial charge in [0.2, 0.25) is 10.0 Å². The topological polar surface area (TPSA) is 126 Å². The van der Waals surface area contributed by atoms with Crippen molar-refractivity contribution in [2.75, 3.05) is 25.5 Å². The molecule has 3 rings (SSSR count). The molecule has 0 saturated carbocycles. The third kappa shape index (κ3) is 7.31. The molecular formula is C22H24N4O5S2. The van der Waals surface area contributed by atoms with E-state index in [0.717, 1.165) is 10.6 Å². The van der Waals surface area contributed by atoms with E-state index in [1.165, 1.54) is 24.3 Å². The van der Waals surface area contributed by atoms with Gasteiger partial charge in [-0.1, -0.05) is 6.07 Å². The van der Waals surface area contributed by atoms with Crippen LogP contribution in [0.15, 0.2) is 70.9 Å². The average Bonchev–Trinajstić information content (AvgIpc) is 3.35. The number of nitrogens with one attached hydrogen (secondary N) is 4. The Morgan fingerprint density at radius 1 is 0.970 bits per heavy atom. The van der Waals surface area contributed by atoms with Gasteiger partial charge in [0, 0.05) is 22.7 Å². The number of amides is 2. The Hall–Kier alpha value is -3.41. The lowest BCUT2D eigenvalue weighted by Crippen LogP contribution is -2.44. The Bertz CT molecular complexity index is 1160. The number of carbonyl (C=O) groups is 2. The van der Waals surface area contributed by atoms with E-state index in [1.54, 1.807) is 42.7 Å². The van der Waals surface area contributed by atoms with Crippen molar-refractivity contribution in [3.63, 3.8) is 0 Å². The van der Waals surface area contributed by atoms with Gasteiger partial charge in [-0.3, -0.25) is 20.4 Å². The maximum Gasteiger partial charge on any atom is 0.269 e. The number of anilines is 1. The predicted molar refractivity (Wildman–Crippen MR) is 127 cm³/mol. The lowest BCUT2D eigenvalue weighted by atomic mass is 10.2. The Labute approximate surface area is 196 Å². The first-order valence-corrected chi connectivity index (χ1v) is 12.3. The van der Waals surface area contributed by atoms with E-state index < -0.39 is 21.8 Å². The number of hydrazine groups is 1. The molecule has 0 bridgehead atoms. The van der Waals surface area contributed by atoms with Gasteiger partial charge in [0.05, 0.1) is 18.6 Å². The van der Waals surface area contributed by atoms with Gasteiger partial charge in [0.15, 0.2) is 0 Å². The van der Waals surface area contributed by atoms with Crippen LogP contribution >= 0.6 is 11.3 Å². The van der Waals surface area contributed by atoms with Crippen LogP contribution in [0.2, 0.25) is 0 Å². The molecule has 0 aliphatic heterocycles. The second-order valence-corrected chi connectivity index (χ2v) is 9.64. The highest BCUT2D eigenvalue weighted by Gasteiger charge is 2.15. The van der Waals surface area contributed by atoms with E-state index in [-0.39, 0.29) is 23.5 Å². The van der Waals surface area contributed by atoms with Gasteiger partial charge in [-0.2, -0.15) is 0 Å². The number of sulfonamides is 1. The number of benzene rings is 2. The molecule has 33 heavy (non-hydrogen) atoms. The molecule has 9 nitrogen and oxygen atoms in total. The van der Waals surface area contributed by atoms with Crippen LogP contribution in [0.4, 0.5) is 5.69 Å². The first-order chi connectivity index (χ1) is 15.9. The molecule has 11 heteroatoms. The van der Waals surface area contributed by atoms with Crippen molar-refractivity contribution in [3.05, 3.63) is 76.5 Å². The largest absolute Gasteiger partial charge is 0.497 e. The molecule has 0 radical (unpaired) electrons. The molecule has 2 amide bonds. The van der Waals surface area contributed by atoms with Crippen molar-refractivity contribution in [2.24, 2.45) is 0 Å². The van der Waals surface area contributed by atoms with Gasteiger partial charge < -0.3 is 10.1 Å². The van der Waals surface area contributed by atoms with Crippen molar-refractivity contribution in [1.29, 1.82) is 0 Å². The number of hydrogen-bond acceptors (Lipinski definition) is 7. The zero-order valence-electron chi connectivity index (χ0n) is 17.8. The highest BCUT2D eigenvalue weighted by molar-refractivity contribution is 7.89. The maximum atomic E-state index is 12.4. The molecule has 1 aromatic heterocycles. The van der Waals surface area contributed by atoms with Crippen LogP contribution in [0.25, 0.3) is 0 Å². The minimum absolute atomic E-state index is 0.0537. The van der Waals surface area contributed by atoms with E-state index in [9.17, 15) is 18.0 Å². The van der Waals surface area contributed by atoms with Crippen LogP contribution in [0.1, 0.15) is 15.2 Å². The van der Waals surface area contributed by atoms with Gasteiger partial charge in [-0.15, -0.1) is 11.3 Å². The maximum absolute atomic E-state index is 12.4. The second kappa shape index (κ2) is 11.5. The highest BCUT2D eigenvalue weighted by atomic mass is 32.2. The van der Waals surface area contributed by atoms with Gasteiger partial charge >= 0.3 is 0 Å². The van der Waals surface area contributed by atoms with Gasteiger partial charge in [0.1, 0.15) is 5.75 Å². The second-order valence-electron chi connectivity index (χ2n) is 6.84. The summed E-state index contributed by atoms with van der Waals surface area (Å²) >= 11 is 1.57. The molecule has 1 heterocycles. The summed E-state index contributed by atoms with van der Waals surface area (Å²) in [5.74, 6) is -0.319. The molecule has 0 aliphatic carbocycles.